The molecule has 0 saturated heterocycles. The van der Waals surface area contributed by atoms with Crippen LogP contribution in [0.1, 0.15) is 6.92 Å². The summed E-state index contributed by atoms with van der Waals surface area (Å²) in [5.41, 5.74) is 11.6. The summed E-state index contributed by atoms with van der Waals surface area (Å²) in [6.45, 7) is 2.69. The number of nitrogen functional groups attached to an aromatic ring is 2. The SMILES string of the molecule is CCNc1ncc2c(N)nc(N)nc2n1. The Labute approximate surface area is 86.0 Å². The summed E-state index contributed by atoms with van der Waals surface area (Å²) in [6, 6.07) is 0. The lowest BCUT2D eigenvalue weighted by Gasteiger charge is -2.04. The Morgan fingerprint density at radius 1 is 1.27 bits per heavy atom. The fourth-order valence-electron chi connectivity index (χ4n) is 1.20. The summed E-state index contributed by atoms with van der Waals surface area (Å²) in [6.07, 6.45) is 1.58. The average molecular weight is 205 g/mol. The average Bonchev–Trinajstić information content (AvgIpc) is 2.17. The zero-order valence-corrected chi connectivity index (χ0v) is 8.23. The van der Waals surface area contributed by atoms with Gasteiger partial charge < -0.3 is 16.8 Å². The molecule has 2 heterocycles. The highest BCUT2D eigenvalue weighted by Crippen LogP contribution is 2.16. The van der Waals surface area contributed by atoms with Gasteiger partial charge in [0.25, 0.3) is 0 Å². The molecule has 0 atom stereocenters. The lowest BCUT2D eigenvalue weighted by molar-refractivity contribution is 1.09. The van der Waals surface area contributed by atoms with E-state index in [1.54, 1.807) is 6.20 Å². The Morgan fingerprint density at radius 2 is 2.07 bits per heavy atom. The molecule has 0 aliphatic heterocycles. The van der Waals surface area contributed by atoms with Crippen LogP contribution in [0, 0.1) is 0 Å². The highest BCUT2D eigenvalue weighted by Gasteiger charge is 2.05. The van der Waals surface area contributed by atoms with Gasteiger partial charge in [-0.05, 0) is 6.92 Å². The molecule has 15 heavy (non-hydrogen) atoms. The minimum Gasteiger partial charge on any atom is -0.383 e. The molecular weight excluding hydrogens is 194 g/mol. The van der Waals surface area contributed by atoms with Crippen LogP contribution in [-0.4, -0.2) is 26.5 Å². The van der Waals surface area contributed by atoms with Gasteiger partial charge in [-0.2, -0.15) is 15.0 Å². The van der Waals surface area contributed by atoms with E-state index in [-0.39, 0.29) is 5.95 Å². The van der Waals surface area contributed by atoms with Crippen molar-refractivity contribution < 1.29 is 0 Å². The van der Waals surface area contributed by atoms with E-state index >= 15 is 0 Å². The maximum Gasteiger partial charge on any atom is 0.224 e. The minimum atomic E-state index is 0.112. The van der Waals surface area contributed by atoms with E-state index in [2.05, 4.69) is 25.3 Å². The van der Waals surface area contributed by atoms with Gasteiger partial charge in [-0.1, -0.05) is 0 Å². The molecule has 0 unspecified atom stereocenters. The summed E-state index contributed by atoms with van der Waals surface area (Å²) in [7, 11) is 0. The number of nitrogens with one attached hydrogen (secondary N) is 1. The highest BCUT2D eigenvalue weighted by atomic mass is 15.1. The Hall–Kier alpha value is -2.18. The third-order valence-electron chi connectivity index (χ3n) is 1.83. The number of nitrogens with two attached hydrogens (primary N) is 2. The summed E-state index contributed by atoms with van der Waals surface area (Å²) in [5, 5.41) is 3.58. The van der Waals surface area contributed by atoms with Crippen LogP contribution >= 0.6 is 0 Å². The summed E-state index contributed by atoms with van der Waals surface area (Å²) >= 11 is 0. The number of rotatable bonds is 2. The van der Waals surface area contributed by atoms with Crippen LogP contribution in [0.4, 0.5) is 17.7 Å². The maximum absolute atomic E-state index is 5.65. The van der Waals surface area contributed by atoms with Crippen LogP contribution < -0.4 is 16.8 Å². The van der Waals surface area contributed by atoms with Crippen molar-refractivity contribution in [2.75, 3.05) is 23.3 Å². The van der Waals surface area contributed by atoms with Gasteiger partial charge in [0.2, 0.25) is 11.9 Å². The van der Waals surface area contributed by atoms with Gasteiger partial charge in [0.1, 0.15) is 5.82 Å². The molecule has 0 radical (unpaired) electrons. The topological polar surface area (TPSA) is 116 Å². The fraction of sp³-hybridized carbons (Fsp3) is 0.250. The highest BCUT2D eigenvalue weighted by molar-refractivity contribution is 5.85. The third-order valence-corrected chi connectivity index (χ3v) is 1.83. The molecule has 0 amide bonds. The molecule has 0 bridgehead atoms. The van der Waals surface area contributed by atoms with Crippen LogP contribution in [0.3, 0.4) is 0 Å². The van der Waals surface area contributed by atoms with Crippen molar-refractivity contribution in [2.45, 2.75) is 6.92 Å². The normalized spacial score (nSPS) is 10.5. The monoisotopic (exact) mass is 205 g/mol. The molecule has 5 N–H and O–H groups in total. The number of hydrogen-bond donors (Lipinski definition) is 3. The van der Waals surface area contributed by atoms with Gasteiger partial charge in [0, 0.05) is 12.7 Å². The van der Waals surface area contributed by atoms with Crippen molar-refractivity contribution in [1.29, 1.82) is 0 Å². The minimum absolute atomic E-state index is 0.112. The molecule has 2 aromatic rings. The number of hydrogen-bond acceptors (Lipinski definition) is 7. The fourth-order valence-corrected chi connectivity index (χ4v) is 1.20. The van der Waals surface area contributed by atoms with Gasteiger partial charge in [-0.15, -0.1) is 0 Å². The summed E-state index contributed by atoms with van der Waals surface area (Å²) in [5.74, 6) is 0.907. The number of fused-ring (bicyclic) bond motifs is 1. The van der Waals surface area contributed by atoms with Crippen LogP contribution in [0.2, 0.25) is 0 Å². The van der Waals surface area contributed by atoms with Crippen molar-refractivity contribution in [3.8, 4) is 0 Å². The van der Waals surface area contributed by atoms with E-state index in [4.69, 9.17) is 11.5 Å². The number of anilines is 3. The predicted octanol–water partition coefficient (Wildman–Crippen LogP) is 0.0160. The van der Waals surface area contributed by atoms with Crippen molar-refractivity contribution in [1.82, 2.24) is 19.9 Å². The van der Waals surface area contributed by atoms with Gasteiger partial charge in [-0.25, -0.2) is 4.98 Å². The molecule has 0 aliphatic rings. The Kier molecular flexibility index (Phi) is 2.20. The van der Waals surface area contributed by atoms with E-state index in [0.717, 1.165) is 6.54 Å². The molecule has 2 rings (SSSR count). The third kappa shape index (κ3) is 1.71. The zero-order chi connectivity index (χ0) is 10.8. The molecule has 78 valence electrons. The molecule has 0 saturated carbocycles. The molecule has 0 spiro atoms. The van der Waals surface area contributed by atoms with E-state index < -0.39 is 0 Å². The van der Waals surface area contributed by atoms with E-state index in [9.17, 15) is 0 Å². The first-order chi connectivity index (χ1) is 7.20. The van der Waals surface area contributed by atoms with Gasteiger partial charge in [0.15, 0.2) is 5.65 Å². The molecule has 0 fully saturated rings. The van der Waals surface area contributed by atoms with Gasteiger partial charge >= 0.3 is 0 Å². The van der Waals surface area contributed by atoms with E-state index in [1.807, 2.05) is 6.92 Å². The summed E-state index contributed by atoms with van der Waals surface area (Å²) < 4.78 is 0. The summed E-state index contributed by atoms with van der Waals surface area (Å²) in [4.78, 5) is 16.0. The smallest absolute Gasteiger partial charge is 0.224 e. The second kappa shape index (κ2) is 3.52. The maximum atomic E-state index is 5.65. The molecule has 0 aliphatic carbocycles. The molecule has 0 aromatic carbocycles. The van der Waals surface area contributed by atoms with E-state index in [0.29, 0.717) is 22.8 Å². The van der Waals surface area contributed by atoms with Crippen LogP contribution in [0.25, 0.3) is 11.0 Å². The molecular formula is C8H11N7. The lowest BCUT2D eigenvalue weighted by atomic mass is 10.4. The van der Waals surface area contributed by atoms with Gasteiger partial charge in [0.05, 0.1) is 5.39 Å². The van der Waals surface area contributed by atoms with Crippen LogP contribution in [0.15, 0.2) is 6.20 Å². The molecule has 7 nitrogen and oxygen atoms in total. The Morgan fingerprint density at radius 3 is 2.80 bits per heavy atom. The van der Waals surface area contributed by atoms with Gasteiger partial charge in [-0.3, -0.25) is 0 Å². The Bertz CT molecular complexity index is 496. The van der Waals surface area contributed by atoms with E-state index in [1.165, 1.54) is 0 Å². The van der Waals surface area contributed by atoms with Crippen LogP contribution in [0.5, 0.6) is 0 Å². The van der Waals surface area contributed by atoms with Crippen molar-refractivity contribution in [2.24, 2.45) is 0 Å². The largest absolute Gasteiger partial charge is 0.383 e. The standard InChI is InChI=1S/C8H11N7/c1-2-11-8-12-3-4-5(9)13-7(10)14-6(4)15-8/h3H,2H2,1H3,(H5,9,10,11,12,13,14,15). The van der Waals surface area contributed by atoms with Crippen LogP contribution in [-0.2, 0) is 0 Å². The second-order valence-electron chi connectivity index (χ2n) is 2.93. The first-order valence-electron chi connectivity index (χ1n) is 4.50. The predicted molar refractivity (Wildman–Crippen MR) is 58.1 cm³/mol. The second-order valence-corrected chi connectivity index (χ2v) is 2.93. The van der Waals surface area contributed by atoms with Crippen molar-refractivity contribution in [3.05, 3.63) is 6.20 Å². The molecule has 7 heteroatoms. The molecule has 2 aromatic heterocycles. The zero-order valence-electron chi connectivity index (χ0n) is 8.23. The number of nitrogens with zero attached hydrogens (tertiary/aromatic N) is 4. The van der Waals surface area contributed by atoms with Crippen molar-refractivity contribution >= 4 is 28.7 Å². The number of aromatic nitrogens is 4. The quantitative estimate of drug-likeness (QED) is 0.632. The lowest BCUT2D eigenvalue weighted by Crippen LogP contribution is -2.05. The first kappa shape index (κ1) is 9.38. The van der Waals surface area contributed by atoms with Crippen molar-refractivity contribution in [3.63, 3.8) is 0 Å². The Balaban J connectivity index is 2.60. The first-order valence-corrected chi connectivity index (χ1v) is 4.50.